The third-order valence-electron chi connectivity index (χ3n) is 3.62. The molecule has 6 heteroatoms. The van der Waals surface area contributed by atoms with E-state index in [4.69, 9.17) is 16.3 Å². The number of hydrogen-bond donors (Lipinski definition) is 1. The molecule has 0 unspecified atom stereocenters. The molecular formula is C19H19ClFNO3. The minimum Gasteiger partial charge on any atom is -0.453 e. The number of amides is 1. The zero-order chi connectivity index (χ0) is 18.2. The van der Waals surface area contributed by atoms with Gasteiger partial charge >= 0.3 is 5.97 Å². The molecule has 0 aromatic heterocycles. The van der Waals surface area contributed by atoms with Gasteiger partial charge in [-0.1, -0.05) is 41.9 Å². The van der Waals surface area contributed by atoms with Crippen LogP contribution in [0.25, 0.3) is 0 Å². The molecule has 1 N–H and O–H groups in total. The van der Waals surface area contributed by atoms with E-state index in [1.165, 1.54) is 19.1 Å². The molecule has 0 bridgehead atoms. The summed E-state index contributed by atoms with van der Waals surface area (Å²) in [5, 5.41) is 3.24. The molecule has 0 saturated carbocycles. The van der Waals surface area contributed by atoms with Gasteiger partial charge in [0.1, 0.15) is 5.82 Å². The standard InChI is InChI=1S/C19H19ClFNO3/c1-13(19(24)22-12-15-4-2-3-5-17(15)20)25-18(23)11-8-14-6-9-16(21)10-7-14/h2-7,9-10,13H,8,11-12H2,1H3,(H,22,24)/t13-/m1/s1. The van der Waals surface area contributed by atoms with Crippen molar-refractivity contribution in [2.75, 3.05) is 0 Å². The number of esters is 1. The summed E-state index contributed by atoms with van der Waals surface area (Å²) in [4.78, 5) is 23.8. The molecule has 2 aromatic rings. The van der Waals surface area contributed by atoms with Crippen molar-refractivity contribution in [1.29, 1.82) is 0 Å². The molecule has 0 saturated heterocycles. The third-order valence-corrected chi connectivity index (χ3v) is 3.99. The summed E-state index contributed by atoms with van der Waals surface area (Å²) in [6.45, 7) is 1.77. The van der Waals surface area contributed by atoms with Gasteiger partial charge in [-0.25, -0.2) is 4.39 Å². The Labute approximate surface area is 150 Å². The quantitative estimate of drug-likeness (QED) is 0.764. The van der Waals surface area contributed by atoms with E-state index in [-0.39, 0.29) is 18.8 Å². The lowest BCUT2D eigenvalue weighted by atomic mass is 10.1. The topological polar surface area (TPSA) is 55.4 Å². The van der Waals surface area contributed by atoms with Gasteiger partial charge in [-0.05, 0) is 42.7 Å². The second-order valence-corrected chi connectivity index (χ2v) is 5.97. The summed E-state index contributed by atoms with van der Waals surface area (Å²) in [6, 6.07) is 13.1. The van der Waals surface area contributed by atoms with E-state index in [0.29, 0.717) is 11.4 Å². The number of aryl methyl sites for hydroxylation is 1. The van der Waals surface area contributed by atoms with Gasteiger partial charge in [-0.3, -0.25) is 9.59 Å². The molecule has 2 aromatic carbocycles. The number of carbonyl (C=O) groups excluding carboxylic acids is 2. The van der Waals surface area contributed by atoms with Gasteiger partial charge < -0.3 is 10.1 Å². The van der Waals surface area contributed by atoms with Gasteiger partial charge in [-0.15, -0.1) is 0 Å². The first-order valence-electron chi connectivity index (χ1n) is 7.90. The van der Waals surface area contributed by atoms with Crippen LogP contribution in [0.3, 0.4) is 0 Å². The van der Waals surface area contributed by atoms with Crippen molar-refractivity contribution < 1.29 is 18.7 Å². The number of ether oxygens (including phenoxy) is 1. The van der Waals surface area contributed by atoms with E-state index in [2.05, 4.69) is 5.32 Å². The highest BCUT2D eigenvalue weighted by molar-refractivity contribution is 6.31. The summed E-state index contributed by atoms with van der Waals surface area (Å²) < 4.78 is 17.9. The zero-order valence-electron chi connectivity index (χ0n) is 13.8. The van der Waals surface area contributed by atoms with Crippen LogP contribution in [0.2, 0.25) is 5.02 Å². The molecule has 1 amide bonds. The number of hydrogen-bond acceptors (Lipinski definition) is 3. The fourth-order valence-electron chi connectivity index (χ4n) is 2.17. The normalized spacial score (nSPS) is 11.6. The Hall–Kier alpha value is -2.40. The van der Waals surface area contributed by atoms with E-state index in [1.54, 1.807) is 24.3 Å². The maximum atomic E-state index is 12.8. The lowest BCUT2D eigenvalue weighted by Gasteiger charge is -2.14. The van der Waals surface area contributed by atoms with Crippen molar-refractivity contribution in [3.05, 3.63) is 70.5 Å². The van der Waals surface area contributed by atoms with Crippen molar-refractivity contribution in [2.24, 2.45) is 0 Å². The fraction of sp³-hybridized carbons (Fsp3) is 0.263. The summed E-state index contributed by atoms with van der Waals surface area (Å²) in [5.74, 6) is -1.20. The largest absolute Gasteiger partial charge is 0.453 e. The summed E-state index contributed by atoms with van der Waals surface area (Å²) >= 11 is 6.02. The molecule has 0 aliphatic carbocycles. The number of nitrogens with one attached hydrogen (secondary N) is 1. The second-order valence-electron chi connectivity index (χ2n) is 5.57. The molecule has 0 fully saturated rings. The number of benzene rings is 2. The maximum Gasteiger partial charge on any atom is 0.306 e. The number of rotatable bonds is 7. The highest BCUT2D eigenvalue weighted by Gasteiger charge is 2.17. The Balaban J connectivity index is 1.75. The first kappa shape index (κ1) is 18.9. The van der Waals surface area contributed by atoms with Crippen LogP contribution in [0.4, 0.5) is 4.39 Å². The summed E-state index contributed by atoms with van der Waals surface area (Å²) in [6.07, 6.45) is -0.357. The van der Waals surface area contributed by atoms with Crippen LogP contribution in [-0.4, -0.2) is 18.0 Å². The van der Waals surface area contributed by atoms with Crippen LogP contribution >= 0.6 is 11.6 Å². The molecule has 0 heterocycles. The molecule has 1 atom stereocenters. The minimum absolute atomic E-state index is 0.119. The lowest BCUT2D eigenvalue weighted by Crippen LogP contribution is -2.35. The zero-order valence-corrected chi connectivity index (χ0v) is 14.6. The van der Waals surface area contributed by atoms with Crippen LogP contribution < -0.4 is 5.32 Å². The Morgan fingerprint density at radius 1 is 1.16 bits per heavy atom. The Morgan fingerprint density at radius 3 is 2.52 bits per heavy atom. The van der Waals surface area contributed by atoms with E-state index in [9.17, 15) is 14.0 Å². The van der Waals surface area contributed by atoms with Crippen molar-refractivity contribution in [1.82, 2.24) is 5.32 Å². The summed E-state index contributed by atoms with van der Waals surface area (Å²) in [7, 11) is 0. The number of halogens is 2. The molecule has 0 aliphatic heterocycles. The van der Waals surface area contributed by atoms with Crippen LogP contribution in [0.5, 0.6) is 0 Å². The van der Waals surface area contributed by atoms with E-state index in [0.717, 1.165) is 11.1 Å². The average molecular weight is 364 g/mol. The molecule has 0 aliphatic rings. The van der Waals surface area contributed by atoms with Crippen molar-refractivity contribution >= 4 is 23.5 Å². The predicted octanol–water partition coefficient (Wildman–Crippen LogP) is 3.66. The van der Waals surface area contributed by atoms with Gasteiger partial charge in [0.05, 0.1) is 0 Å². The Kier molecular flexibility index (Phi) is 6.95. The molecule has 0 radical (unpaired) electrons. The van der Waals surface area contributed by atoms with Crippen molar-refractivity contribution in [3.8, 4) is 0 Å². The fourth-order valence-corrected chi connectivity index (χ4v) is 2.38. The molecule has 2 rings (SSSR count). The first-order valence-corrected chi connectivity index (χ1v) is 8.28. The first-order chi connectivity index (χ1) is 12.0. The van der Waals surface area contributed by atoms with E-state index < -0.39 is 18.0 Å². The average Bonchev–Trinajstić information content (AvgIpc) is 2.60. The SMILES string of the molecule is C[C@@H](OC(=O)CCc1ccc(F)cc1)C(=O)NCc1ccccc1Cl. The van der Waals surface area contributed by atoms with E-state index in [1.807, 2.05) is 12.1 Å². The van der Waals surface area contributed by atoms with Gasteiger partial charge in [0.2, 0.25) is 0 Å². The predicted molar refractivity (Wildman–Crippen MR) is 93.6 cm³/mol. The molecule has 0 spiro atoms. The monoisotopic (exact) mass is 363 g/mol. The molecule has 25 heavy (non-hydrogen) atoms. The highest BCUT2D eigenvalue weighted by Crippen LogP contribution is 2.14. The summed E-state index contributed by atoms with van der Waals surface area (Å²) in [5.41, 5.74) is 1.61. The highest BCUT2D eigenvalue weighted by atomic mass is 35.5. The van der Waals surface area contributed by atoms with Gasteiger partial charge in [-0.2, -0.15) is 0 Å². The van der Waals surface area contributed by atoms with E-state index >= 15 is 0 Å². The van der Waals surface area contributed by atoms with Crippen molar-refractivity contribution in [2.45, 2.75) is 32.4 Å². The van der Waals surface area contributed by atoms with Crippen LogP contribution in [-0.2, 0) is 27.3 Å². The van der Waals surface area contributed by atoms with Gasteiger partial charge in [0.25, 0.3) is 5.91 Å². The maximum absolute atomic E-state index is 12.8. The minimum atomic E-state index is -0.900. The van der Waals surface area contributed by atoms with Crippen molar-refractivity contribution in [3.63, 3.8) is 0 Å². The van der Waals surface area contributed by atoms with Crippen LogP contribution in [0.1, 0.15) is 24.5 Å². The van der Waals surface area contributed by atoms with Gasteiger partial charge in [0.15, 0.2) is 6.10 Å². The van der Waals surface area contributed by atoms with Gasteiger partial charge in [0, 0.05) is 18.0 Å². The molecule has 4 nitrogen and oxygen atoms in total. The number of carbonyl (C=O) groups is 2. The van der Waals surface area contributed by atoms with Crippen LogP contribution in [0, 0.1) is 5.82 Å². The third kappa shape index (κ3) is 6.19. The Morgan fingerprint density at radius 2 is 1.84 bits per heavy atom. The molecular weight excluding hydrogens is 345 g/mol. The molecule has 132 valence electrons. The lowest BCUT2D eigenvalue weighted by molar-refractivity contribution is -0.154. The van der Waals surface area contributed by atoms with Crippen LogP contribution in [0.15, 0.2) is 48.5 Å². The second kappa shape index (κ2) is 9.18. The Bertz CT molecular complexity index is 734. The smallest absolute Gasteiger partial charge is 0.306 e.